The average molecular weight is 266 g/mol. The Kier molecular flexibility index (Phi) is 4.20. The third-order valence-corrected chi connectivity index (χ3v) is 2.47. The van der Waals surface area contributed by atoms with Gasteiger partial charge in [0.15, 0.2) is 6.61 Å². The van der Waals surface area contributed by atoms with E-state index in [9.17, 15) is 4.79 Å². The normalized spacial score (nSPS) is 10.1. The van der Waals surface area contributed by atoms with E-state index in [0.717, 1.165) is 5.69 Å². The highest BCUT2D eigenvalue weighted by atomic mass is 35.5. The molecule has 0 atom stereocenters. The van der Waals surface area contributed by atoms with Gasteiger partial charge in [-0.2, -0.15) is 0 Å². The summed E-state index contributed by atoms with van der Waals surface area (Å²) in [6.45, 7) is 0.374. The topological polar surface area (TPSA) is 67.0 Å². The Balaban J connectivity index is 1.73. The first-order valence-electron chi connectivity index (χ1n) is 5.36. The van der Waals surface area contributed by atoms with Crippen LogP contribution in [-0.2, 0) is 11.3 Å². The van der Waals surface area contributed by atoms with Gasteiger partial charge in [0, 0.05) is 11.2 Å². The monoisotopic (exact) mass is 265 g/mol. The highest BCUT2D eigenvalue weighted by Gasteiger charge is 2.03. The first-order valence-corrected chi connectivity index (χ1v) is 5.74. The Morgan fingerprint density at radius 2 is 2.17 bits per heavy atom. The number of rotatable bonds is 5. The maximum Gasteiger partial charge on any atom is 0.258 e. The first-order chi connectivity index (χ1) is 8.74. The van der Waals surface area contributed by atoms with E-state index in [1.54, 1.807) is 36.8 Å². The molecule has 94 valence electrons. The highest BCUT2D eigenvalue weighted by Crippen LogP contribution is 2.15. The third-order valence-electron chi connectivity index (χ3n) is 2.21. The van der Waals surface area contributed by atoms with Crippen LogP contribution in [0.4, 0.5) is 0 Å². The van der Waals surface area contributed by atoms with Gasteiger partial charge in [0.05, 0.1) is 18.6 Å². The molecule has 0 aliphatic rings. The Bertz CT molecular complexity index is 497. The quantitative estimate of drug-likeness (QED) is 0.866. The largest absolute Gasteiger partial charge is 0.484 e. The number of nitrogens with one attached hydrogen (secondary N) is 2. The van der Waals surface area contributed by atoms with Crippen molar-refractivity contribution in [3.63, 3.8) is 0 Å². The number of nitrogens with zero attached hydrogens (tertiary/aromatic N) is 1. The molecule has 0 aliphatic carbocycles. The second-order valence-corrected chi connectivity index (χ2v) is 4.03. The molecule has 1 aromatic carbocycles. The summed E-state index contributed by atoms with van der Waals surface area (Å²) >= 11 is 5.74. The molecule has 0 saturated heterocycles. The fraction of sp³-hybridized carbons (Fsp3) is 0.167. The molecule has 2 aromatic rings. The Morgan fingerprint density at radius 3 is 2.83 bits per heavy atom. The Hall–Kier alpha value is -2.01. The molecule has 0 spiro atoms. The van der Waals surface area contributed by atoms with Crippen LogP contribution in [0, 0.1) is 0 Å². The van der Waals surface area contributed by atoms with Crippen molar-refractivity contribution >= 4 is 17.5 Å². The van der Waals surface area contributed by atoms with Crippen LogP contribution in [0.3, 0.4) is 0 Å². The lowest BCUT2D eigenvalue weighted by Gasteiger charge is -2.06. The molecule has 0 bridgehead atoms. The van der Waals surface area contributed by atoms with E-state index in [0.29, 0.717) is 17.3 Å². The van der Waals surface area contributed by atoms with E-state index in [2.05, 4.69) is 15.3 Å². The molecule has 5 nitrogen and oxygen atoms in total. The van der Waals surface area contributed by atoms with Gasteiger partial charge < -0.3 is 15.0 Å². The van der Waals surface area contributed by atoms with Gasteiger partial charge in [-0.25, -0.2) is 4.98 Å². The molecule has 2 N–H and O–H groups in total. The Morgan fingerprint density at radius 1 is 1.39 bits per heavy atom. The van der Waals surface area contributed by atoms with Crippen LogP contribution in [0.15, 0.2) is 36.8 Å². The first kappa shape index (κ1) is 12.4. The van der Waals surface area contributed by atoms with E-state index in [1.807, 2.05) is 0 Å². The van der Waals surface area contributed by atoms with Crippen LogP contribution < -0.4 is 10.1 Å². The average Bonchev–Trinajstić information content (AvgIpc) is 2.89. The molecular formula is C12H12ClN3O2. The minimum Gasteiger partial charge on any atom is -0.484 e. The predicted octanol–water partition coefficient (Wildman–Crippen LogP) is 1.76. The molecule has 0 radical (unpaired) electrons. The molecular weight excluding hydrogens is 254 g/mol. The molecule has 2 rings (SSSR count). The van der Waals surface area contributed by atoms with E-state index < -0.39 is 0 Å². The van der Waals surface area contributed by atoms with Gasteiger partial charge in [-0.15, -0.1) is 0 Å². The summed E-state index contributed by atoms with van der Waals surface area (Å²) in [7, 11) is 0. The van der Waals surface area contributed by atoms with Gasteiger partial charge in [0.1, 0.15) is 5.75 Å². The van der Waals surface area contributed by atoms with Gasteiger partial charge in [0.2, 0.25) is 0 Å². The summed E-state index contributed by atoms with van der Waals surface area (Å²) in [6, 6.07) is 6.84. The zero-order valence-corrected chi connectivity index (χ0v) is 10.3. The highest BCUT2D eigenvalue weighted by molar-refractivity contribution is 6.30. The summed E-state index contributed by atoms with van der Waals surface area (Å²) in [5.41, 5.74) is 0.842. The van der Waals surface area contributed by atoms with Crippen LogP contribution in [0.1, 0.15) is 5.69 Å². The maximum absolute atomic E-state index is 11.5. The maximum atomic E-state index is 11.5. The summed E-state index contributed by atoms with van der Waals surface area (Å²) in [5, 5.41) is 3.34. The summed E-state index contributed by atoms with van der Waals surface area (Å²) in [6.07, 6.45) is 3.21. The predicted molar refractivity (Wildman–Crippen MR) is 67.4 cm³/mol. The number of H-pyrrole nitrogens is 1. The number of imidazole rings is 1. The SMILES string of the molecule is O=C(COc1ccc(Cl)cc1)NCc1cnc[nH]1. The fourth-order valence-electron chi connectivity index (χ4n) is 1.31. The van der Waals surface area contributed by atoms with Crippen LogP contribution in [0.25, 0.3) is 0 Å². The molecule has 0 saturated carbocycles. The summed E-state index contributed by atoms with van der Waals surface area (Å²) < 4.78 is 5.30. The van der Waals surface area contributed by atoms with Crippen molar-refractivity contribution in [1.82, 2.24) is 15.3 Å². The number of aromatic amines is 1. The number of benzene rings is 1. The van der Waals surface area contributed by atoms with Crippen LogP contribution in [0.5, 0.6) is 5.75 Å². The molecule has 18 heavy (non-hydrogen) atoms. The summed E-state index contributed by atoms with van der Waals surface area (Å²) in [5.74, 6) is 0.413. The van der Waals surface area contributed by atoms with Crippen molar-refractivity contribution in [2.45, 2.75) is 6.54 Å². The number of amides is 1. The molecule has 0 fully saturated rings. The number of hydrogen-bond donors (Lipinski definition) is 2. The van der Waals surface area contributed by atoms with E-state index in [-0.39, 0.29) is 12.5 Å². The number of aromatic nitrogens is 2. The number of halogens is 1. The molecule has 0 aliphatic heterocycles. The lowest BCUT2D eigenvalue weighted by Crippen LogP contribution is -2.28. The van der Waals surface area contributed by atoms with Crippen LogP contribution in [-0.4, -0.2) is 22.5 Å². The lowest BCUT2D eigenvalue weighted by molar-refractivity contribution is -0.123. The third kappa shape index (κ3) is 3.78. The Labute approximate surface area is 109 Å². The lowest BCUT2D eigenvalue weighted by atomic mass is 10.3. The van der Waals surface area contributed by atoms with E-state index >= 15 is 0 Å². The molecule has 0 unspecified atom stereocenters. The van der Waals surface area contributed by atoms with Crippen molar-refractivity contribution in [2.24, 2.45) is 0 Å². The van der Waals surface area contributed by atoms with E-state index in [1.165, 1.54) is 0 Å². The standard InChI is InChI=1S/C12H12ClN3O2/c13-9-1-3-11(4-2-9)18-7-12(17)15-6-10-5-14-8-16-10/h1-5,8H,6-7H2,(H,14,16)(H,15,17). The molecule has 1 aromatic heterocycles. The van der Waals surface area contributed by atoms with Crippen molar-refractivity contribution < 1.29 is 9.53 Å². The zero-order valence-electron chi connectivity index (χ0n) is 9.52. The number of carbonyl (C=O) groups excluding carboxylic acids is 1. The summed E-state index contributed by atoms with van der Waals surface area (Å²) in [4.78, 5) is 18.2. The van der Waals surface area contributed by atoms with Crippen molar-refractivity contribution in [3.8, 4) is 5.75 Å². The molecule has 1 heterocycles. The number of hydrogen-bond acceptors (Lipinski definition) is 3. The smallest absolute Gasteiger partial charge is 0.258 e. The van der Waals surface area contributed by atoms with E-state index in [4.69, 9.17) is 16.3 Å². The second kappa shape index (κ2) is 6.07. The zero-order chi connectivity index (χ0) is 12.8. The minimum absolute atomic E-state index is 0.0320. The van der Waals surface area contributed by atoms with Gasteiger partial charge in [-0.3, -0.25) is 4.79 Å². The number of ether oxygens (including phenoxy) is 1. The minimum atomic E-state index is -0.195. The van der Waals surface area contributed by atoms with Gasteiger partial charge in [-0.1, -0.05) is 11.6 Å². The molecule has 1 amide bonds. The van der Waals surface area contributed by atoms with Crippen molar-refractivity contribution in [3.05, 3.63) is 47.5 Å². The van der Waals surface area contributed by atoms with Gasteiger partial charge in [0.25, 0.3) is 5.91 Å². The van der Waals surface area contributed by atoms with Gasteiger partial charge in [-0.05, 0) is 24.3 Å². The van der Waals surface area contributed by atoms with Crippen molar-refractivity contribution in [2.75, 3.05) is 6.61 Å². The second-order valence-electron chi connectivity index (χ2n) is 3.60. The molecule has 6 heteroatoms. The van der Waals surface area contributed by atoms with Crippen LogP contribution in [0.2, 0.25) is 5.02 Å². The number of carbonyl (C=O) groups is 1. The van der Waals surface area contributed by atoms with Gasteiger partial charge >= 0.3 is 0 Å². The van der Waals surface area contributed by atoms with Crippen LogP contribution >= 0.6 is 11.6 Å². The fourth-order valence-corrected chi connectivity index (χ4v) is 1.43. The van der Waals surface area contributed by atoms with Crippen molar-refractivity contribution in [1.29, 1.82) is 0 Å².